The lowest BCUT2D eigenvalue weighted by Gasteiger charge is -2.21. The molecule has 344 valence electrons. The molecular formula is C48H71N9O6. The summed E-state index contributed by atoms with van der Waals surface area (Å²) in [7, 11) is 7.76. The van der Waals surface area contributed by atoms with E-state index in [0.29, 0.717) is 38.8 Å². The summed E-state index contributed by atoms with van der Waals surface area (Å²) in [5.41, 5.74) is 12.0. The second-order valence-electron chi connectivity index (χ2n) is 12.7. The monoisotopic (exact) mass is 870 g/mol. The van der Waals surface area contributed by atoms with Gasteiger partial charge in [-0.25, -0.2) is 14.8 Å². The molecule has 3 heterocycles. The summed E-state index contributed by atoms with van der Waals surface area (Å²) in [6.07, 6.45) is 19.6. The number of aldehydes is 1. The number of rotatable bonds is 16. The van der Waals surface area contributed by atoms with Gasteiger partial charge in [0.2, 0.25) is 5.91 Å². The number of terminal acetylenes is 1. The number of imidazole rings is 2. The molecule has 3 aromatic heterocycles. The van der Waals surface area contributed by atoms with Crippen LogP contribution >= 0.6 is 0 Å². The predicted molar refractivity (Wildman–Crippen MR) is 254 cm³/mol. The largest absolute Gasteiger partial charge is 0.471 e. The van der Waals surface area contributed by atoms with Crippen LogP contribution in [0.2, 0.25) is 0 Å². The van der Waals surface area contributed by atoms with Crippen LogP contribution in [-0.4, -0.2) is 108 Å². The smallest absolute Gasteiger partial charge is 0.406 e. The topological polar surface area (TPSA) is 202 Å². The summed E-state index contributed by atoms with van der Waals surface area (Å²) in [6.45, 7) is 13.5. The van der Waals surface area contributed by atoms with E-state index in [0.717, 1.165) is 83.1 Å². The summed E-state index contributed by atoms with van der Waals surface area (Å²) in [4.78, 5) is 65.3. The number of aromatic nitrogens is 5. The average molecular weight is 870 g/mol. The fourth-order valence-electron chi connectivity index (χ4n) is 5.38. The Kier molecular flexibility index (Phi) is 35.5. The van der Waals surface area contributed by atoms with E-state index in [1.807, 2.05) is 56.4 Å². The van der Waals surface area contributed by atoms with E-state index in [4.69, 9.17) is 4.79 Å². The maximum Gasteiger partial charge on any atom is 0.406 e. The molecule has 0 unspecified atom stereocenters. The normalized spacial score (nSPS) is 9.30. The van der Waals surface area contributed by atoms with Gasteiger partial charge in [-0.3, -0.25) is 19.5 Å². The number of aromatic amines is 2. The highest BCUT2D eigenvalue weighted by Crippen LogP contribution is 2.27. The molecule has 0 saturated carbocycles. The summed E-state index contributed by atoms with van der Waals surface area (Å²) in [6, 6.07) is 21.0. The SMILES string of the molecule is C#C.CC.CCC=O.CCCN(C)Cc1ncc(-c2ccc(-c3ccc(-c4cnc(CN(CCC)C(=O)CCc5cccnc5)[nH]4)cc3)cc2)[nH]1.CN.CNC(=O)OC.COC=O. The first-order chi connectivity index (χ1) is 30.7. The number of benzene rings is 2. The molecule has 0 atom stereocenters. The quantitative estimate of drug-likeness (QED) is 0.0554. The number of aryl methyl sites for hydroxylation is 1. The third kappa shape index (κ3) is 24.4. The standard InChI is InChI=1S/C35H41N7O.C3H7NO2.C3H6O.C2H4O2.C2H6.C2H2.CH5N/c1-4-19-41(3)24-33-37-22-31(39-33)29-13-9-27(10-14-29)28-11-15-30(16-12-28)32-23-38-34(40-32)25-42(20-5-2)35(43)17-8-26-7-6-18-36-21-26;1-4-3(5)6-2;1-2-3-4;1-4-2-3;3*1-2/h6-7,9-16,18,21-23H,4-5,8,17,19-20,24-25H2,1-3H3,(H,37,39)(H,38,40);1-2H3,(H,4,5);3H,2H2,1H3;2H,1H3;1-2H3;1-2H;2H2,1H3. The Morgan fingerprint density at radius 1 is 0.778 bits per heavy atom. The highest BCUT2D eigenvalue weighted by Gasteiger charge is 2.16. The number of methoxy groups -OCH3 is 2. The van der Waals surface area contributed by atoms with E-state index in [9.17, 15) is 14.4 Å². The molecule has 0 aliphatic rings. The molecule has 5 N–H and O–H groups in total. The van der Waals surface area contributed by atoms with E-state index in [2.05, 4.69) is 133 Å². The molecule has 0 radical (unpaired) electrons. The van der Waals surface area contributed by atoms with Crippen LogP contribution < -0.4 is 11.1 Å². The molecule has 5 rings (SSSR count). The number of pyridine rings is 1. The van der Waals surface area contributed by atoms with Gasteiger partial charge in [0.15, 0.2) is 0 Å². The van der Waals surface area contributed by atoms with Crippen molar-refractivity contribution in [2.75, 3.05) is 48.5 Å². The van der Waals surface area contributed by atoms with Gasteiger partial charge >= 0.3 is 6.09 Å². The Hall–Kier alpha value is -6.63. The molecule has 15 nitrogen and oxygen atoms in total. The lowest BCUT2D eigenvalue weighted by Crippen LogP contribution is -2.31. The number of H-pyrrole nitrogens is 2. The first-order valence-electron chi connectivity index (χ1n) is 20.9. The Bertz CT molecular complexity index is 1900. The number of amides is 2. The number of ether oxygens (including phenoxy) is 2. The molecule has 0 spiro atoms. The van der Waals surface area contributed by atoms with Crippen LogP contribution in [0.15, 0.2) is 85.5 Å². The zero-order valence-electron chi connectivity index (χ0n) is 39.0. The van der Waals surface area contributed by atoms with Crippen LogP contribution in [0.4, 0.5) is 4.79 Å². The van der Waals surface area contributed by atoms with Crippen molar-refractivity contribution < 1.29 is 28.7 Å². The lowest BCUT2D eigenvalue weighted by molar-refractivity contribution is -0.132. The number of nitrogens with two attached hydrogens (primary N) is 1. The van der Waals surface area contributed by atoms with Gasteiger partial charge in [-0.1, -0.05) is 89.2 Å². The van der Waals surface area contributed by atoms with Crippen molar-refractivity contribution in [3.05, 3.63) is 103 Å². The minimum absolute atomic E-state index is 0.131. The van der Waals surface area contributed by atoms with E-state index in [1.165, 1.54) is 28.3 Å². The van der Waals surface area contributed by atoms with Gasteiger partial charge in [-0.15, -0.1) is 12.8 Å². The van der Waals surface area contributed by atoms with Crippen LogP contribution in [0.1, 0.15) is 77.5 Å². The van der Waals surface area contributed by atoms with E-state index in [1.54, 1.807) is 6.20 Å². The highest BCUT2D eigenvalue weighted by molar-refractivity contribution is 5.76. The molecule has 15 heteroatoms. The third-order valence-electron chi connectivity index (χ3n) is 8.20. The van der Waals surface area contributed by atoms with Crippen molar-refractivity contribution in [3.8, 4) is 46.5 Å². The molecule has 5 aromatic rings. The van der Waals surface area contributed by atoms with Gasteiger partial charge in [-0.05, 0) is 73.8 Å². The van der Waals surface area contributed by atoms with Crippen molar-refractivity contribution in [1.82, 2.24) is 40.0 Å². The minimum Gasteiger partial charge on any atom is -0.471 e. The van der Waals surface area contributed by atoms with Crippen LogP contribution in [0.25, 0.3) is 33.6 Å². The number of hydrogen-bond donors (Lipinski definition) is 4. The number of alkyl carbamates (subject to hydrolysis) is 1. The van der Waals surface area contributed by atoms with Crippen LogP contribution in [0.5, 0.6) is 0 Å². The Labute approximate surface area is 375 Å². The fourth-order valence-corrected chi connectivity index (χ4v) is 5.38. The van der Waals surface area contributed by atoms with Gasteiger partial charge in [0, 0.05) is 38.8 Å². The molecule has 0 fully saturated rings. The number of carbonyl (C=O) groups is 4. The van der Waals surface area contributed by atoms with E-state index in [-0.39, 0.29) is 5.91 Å². The summed E-state index contributed by atoms with van der Waals surface area (Å²) < 4.78 is 8.01. The van der Waals surface area contributed by atoms with Gasteiger partial charge in [0.05, 0.1) is 51.1 Å². The van der Waals surface area contributed by atoms with Crippen molar-refractivity contribution >= 4 is 24.8 Å². The maximum absolute atomic E-state index is 13.0. The number of hydrogen-bond acceptors (Lipinski definition) is 11. The predicted octanol–water partition coefficient (Wildman–Crippen LogP) is 7.95. The summed E-state index contributed by atoms with van der Waals surface area (Å²) >= 11 is 0. The first kappa shape index (κ1) is 58.5. The molecule has 0 aliphatic carbocycles. The summed E-state index contributed by atoms with van der Waals surface area (Å²) in [5, 5.41) is 2.25. The minimum atomic E-state index is -0.407. The van der Waals surface area contributed by atoms with Gasteiger partial charge in [0.1, 0.15) is 17.9 Å². The molecule has 2 aromatic carbocycles. The highest BCUT2D eigenvalue weighted by atomic mass is 16.5. The molecule has 2 amide bonds. The second kappa shape index (κ2) is 38.3. The number of carbonyl (C=O) groups excluding carboxylic acids is 4. The molecular weight excluding hydrogens is 799 g/mol. The number of nitrogens with zero attached hydrogens (tertiary/aromatic N) is 5. The Balaban J connectivity index is 0. The molecule has 0 bridgehead atoms. The van der Waals surface area contributed by atoms with Crippen molar-refractivity contribution in [3.63, 3.8) is 0 Å². The molecule has 0 saturated heterocycles. The average Bonchev–Trinajstić information content (AvgIpc) is 4.03. The second-order valence-corrected chi connectivity index (χ2v) is 12.7. The number of nitrogens with one attached hydrogen (secondary N) is 3. The van der Waals surface area contributed by atoms with Gasteiger partial charge in [-0.2, -0.15) is 0 Å². The van der Waals surface area contributed by atoms with E-state index < -0.39 is 6.09 Å². The zero-order chi connectivity index (χ0) is 47.8. The Morgan fingerprint density at radius 2 is 1.24 bits per heavy atom. The van der Waals surface area contributed by atoms with E-state index >= 15 is 0 Å². The van der Waals surface area contributed by atoms with Crippen molar-refractivity contribution in [2.24, 2.45) is 5.73 Å². The molecule has 63 heavy (non-hydrogen) atoms. The van der Waals surface area contributed by atoms with Crippen LogP contribution in [0, 0.1) is 12.8 Å². The molecule has 0 aliphatic heterocycles. The lowest BCUT2D eigenvalue weighted by atomic mass is 10.0. The zero-order valence-corrected chi connectivity index (χ0v) is 39.0. The van der Waals surface area contributed by atoms with Crippen LogP contribution in [0.3, 0.4) is 0 Å². The fraction of sp³-hybridized carbons (Fsp3) is 0.396. The first-order valence-corrected chi connectivity index (χ1v) is 20.9. The summed E-state index contributed by atoms with van der Waals surface area (Å²) in [5.74, 6) is 1.90. The van der Waals surface area contributed by atoms with Crippen LogP contribution in [-0.2, 0) is 43.4 Å². The third-order valence-corrected chi connectivity index (χ3v) is 8.20. The van der Waals surface area contributed by atoms with Gasteiger partial charge < -0.3 is 40.2 Å². The van der Waals surface area contributed by atoms with Crippen molar-refractivity contribution in [2.45, 2.75) is 79.8 Å². The van der Waals surface area contributed by atoms with Crippen molar-refractivity contribution in [1.29, 1.82) is 0 Å². The van der Waals surface area contributed by atoms with Gasteiger partial charge in [0.25, 0.3) is 6.47 Å². The maximum atomic E-state index is 13.0. The Morgan fingerprint density at radius 3 is 1.60 bits per heavy atom.